The van der Waals surface area contributed by atoms with Crippen molar-refractivity contribution in [3.8, 4) is 33.8 Å². The van der Waals surface area contributed by atoms with Gasteiger partial charge in [-0.2, -0.15) is 5.10 Å². The van der Waals surface area contributed by atoms with E-state index in [1.54, 1.807) is 12.5 Å². The molecule has 6 aromatic rings. The largest absolute Gasteiger partial charge is 0.472 e. The van der Waals surface area contributed by atoms with Gasteiger partial charge in [0.1, 0.15) is 5.69 Å². The predicted molar refractivity (Wildman–Crippen MR) is 134 cm³/mol. The molecule has 0 spiro atoms. The standard InChI is InChI=1S/C27H23N7O/c1-2-8-34(7-1)15-17-10-19(13-28-12-17)20-11-22-25(32-33-26(22)29-14-20)27-30-23-5-3-4-21(24(23)31-27)18-6-9-35-16-18/h3-6,9-14,16H,1-2,7-8,15H2,(H,30,31)(H,29,32,33). The Morgan fingerprint density at radius 1 is 0.971 bits per heavy atom. The summed E-state index contributed by atoms with van der Waals surface area (Å²) in [6, 6.07) is 12.4. The number of aromatic nitrogens is 6. The zero-order chi connectivity index (χ0) is 23.2. The van der Waals surface area contributed by atoms with Crippen molar-refractivity contribution < 1.29 is 4.42 Å². The summed E-state index contributed by atoms with van der Waals surface area (Å²) in [6.07, 6.45) is 11.7. The topological polar surface area (TPSA) is 99.5 Å². The number of nitrogens with one attached hydrogen (secondary N) is 2. The van der Waals surface area contributed by atoms with Crippen LogP contribution in [0.2, 0.25) is 0 Å². The van der Waals surface area contributed by atoms with Crippen LogP contribution in [0.1, 0.15) is 18.4 Å². The van der Waals surface area contributed by atoms with Gasteiger partial charge in [0.2, 0.25) is 0 Å². The molecule has 0 unspecified atom stereocenters. The Morgan fingerprint density at radius 2 is 1.89 bits per heavy atom. The Bertz CT molecular complexity index is 1640. The first-order chi connectivity index (χ1) is 17.3. The van der Waals surface area contributed by atoms with Crippen molar-refractivity contribution >= 4 is 22.1 Å². The fourth-order valence-electron chi connectivity index (χ4n) is 4.97. The molecule has 8 heteroatoms. The van der Waals surface area contributed by atoms with Crippen LogP contribution >= 0.6 is 0 Å². The highest BCUT2D eigenvalue weighted by Gasteiger charge is 2.17. The molecule has 0 radical (unpaired) electrons. The van der Waals surface area contributed by atoms with Gasteiger partial charge in [0.25, 0.3) is 0 Å². The van der Waals surface area contributed by atoms with Crippen molar-refractivity contribution in [2.24, 2.45) is 0 Å². The maximum absolute atomic E-state index is 5.28. The van der Waals surface area contributed by atoms with E-state index in [0.29, 0.717) is 5.65 Å². The molecule has 1 aromatic carbocycles. The van der Waals surface area contributed by atoms with Crippen LogP contribution in [-0.2, 0) is 6.54 Å². The fraction of sp³-hybridized carbons (Fsp3) is 0.185. The second-order valence-corrected chi connectivity index (χ2v) is 9.06. The van der Waals surface area contributed by atoms with E-state index in [1.807, 2.05) is 42.9 Å². The molecule has 5 aromatic heterocycles. The second kappa shape index (κ2) is 8.18. The molecule has 2 N–H and O–H groups in total. The lowest BCUT2D eigenvalue weighted by Crippen LogP contribution is -2.18. The fourth-order valence-corrected chi connectivity index (χ4v) is 4.97. The maximum atomic E-state index is 5.28. The number of benzene rings is 1. The summed E-state index contributed by atoms with van der Waals surface area (Å²) in [5.74, 6) is 0.721. The summed E-state index contributed by atoms with van der Waals surface area (Å²) in [5.41, 5.74) is 8.59. The van der Waals surface area contributed by atoms with Gasteiger partial charge < -0.3 is 9.40 Å². The third-order valence-corrected chi connectivity index (χ3v) is 6.72. The molecule has 172 valence electrons. The van der Waals surface area contributed by atoms with Crippen LogP contribution in [0.3, 0.4) is 0 Å². The number of hydrogen-bond acceptors (Lipinski definition) is 6. The minimum atomic E-state index is 0.653. The minimum absolute atomic E-state index is 0.653. The van der Waals surface area contributed by atoms with Crippen molar-refractivity contribution in [2.45, 2.75) is 19.4 Å². The number of likely N-dealkylation sites (tertiary alicyclic amines) is 1. The Labute approximate surface area is 201 Å². The Hall–Kier alpha value is -4.30. The normalized spacial score (nSPS) is 14.4. The van der Waals surface area contributed by atoms with Crippen molar-refractivity contribution in [1.82, 2.24) is 35.0 Å². The number of imidazole rings is 1. The number of pyridine rings is 2. The zero-order valence-electron chi connectivity index (χ0n) is 19.0. The summed E-state index contributed by atoms with van der Waals surface area (Å²) in [7, 11) is 0. The van der Waals surface area contributed by atoms with Gasteiger partial charge in [-0.3, -0.25) is 15.0 Å². The molecule has 1 aliphatic rings. The minimum Gasteiger partial charge on any atom is -0.472 e. The molecule has 0 amide bonds. The maximum Gasteiger partial charge on any atom is 0.181 e. The average molecular weight is 462 g/mol. The van der Waals surface area contributed by atoms with Crippen molar-refractivity contribution in [2.75, 3.05) is 13.1 Å². The van der Waals surface area contributed by atoms with Crippen LogP contribution in [0, 0.1) is 0 Å². The molecule has 0 saturated carbocycles. The quantitative estimate of drug-likeness (QED) is 0.356. The van der Waals surface area contributed by atoms with E-state index in [0.717, 1.165) is 69.8 Å². The number of hydrogen-bond donors (Lipinski definition) is 2. The highest BCUT2D eigenvalue weighted by atomic mass is 16.3. The highest BCUT2D eigenvalue weighted by Crippen LogP contribution is 2.32. The number of rotatable bonds is 5. The number of furan rings is 1. The van der Waals surface area contributed by atoms with Crippen molar-refractivity contribution in [3.63, 3.8) is 0 Å². The van der Waals surface area contributed by atoms with Gasteiger partial charge >= 0.3 is 0 Å². The first kappa shape index (κ1) is 20.1. The molecule has 0 bridgehead atoms. The Morgan fingerprint density at radius 3 is 2.77 bits per heavy atom. The van der Waals surface area contributed by atoms with E-state index in [9.17, 15) is 0 Å². The molecule has 0 aliphatic carbocycles. The van der Waals surface area contributed by atoms with Gasteiger partial charge in [-0.05, 0) is 55.8 Å². The van der Waals surface area contributed by atoms with Gasteiger partial charge in [0.05, 0.1) is 28.9 Å². The third kappa shape index (κ3) is 3.59. The summed E-state index contributed by atoms with van der Waals surface area (Å²) in [6.45, 7) is 3.26. The highest BCUT2D eigenvalue weighted by molar-refractivity contribution is 5.97. The number of nitrogens with zero attached hydrogens (tertiary/aromatic N) is 5. The van der Waals surface area contributed by atoms with Gasteiger partial charge in [0, 0.05) is 47.4 Å². The van der Waals surface area contributed by atoms with E-state index < -0.39 is 0 Å². The molecular weight excluding hydrogens is 438 g/mol. The Balaban J connectivity index is 1.28. The molecule has 0 atom stereocenters. The molecular formula is C27H23N7O. The van der Waals surface area contributed by atoms with Gasteiger partial charge in [-0.1, -0.05) is 12.1 Å². The van der Waals surface area contributed by atoms with Gasteiger partial charge in [-0.15, -0.1) is 0 Å². The summed E-state index contributed by atoms with van der Waals surface area (Å²) >= 11 is 0. The second-order valence-electron chi connectivity index (χ2n) is 9.06. The molecule has 1 aliphatic heterocycles. The molecule has 1 saturated heterocycles. The van der Waals surface area contributed by atoms with E-state index >= 15 is 0 Å². The number of fused-ring (bicyclic) bond motifs is 2. The molecule has 35 heavy (non-hydrogen) atoms. The first-order valence-corrected chi connectivity index (χ1v) is 11.8. The van der Waals surface area contributed by atoms with Crippen LogP contribution in [0.4, 0.5) is 0 Å². The van der Waals surface area contributed by atoms with Gasteiger partial charge in [-0.25, -0.2) is 9.97 Å². The summed E-state index contributed by atoms with van der Waals surface area (Å²) in [4.78, 5) is 20.0. The van der Waals surface area contributed by atoms with Crippen LogP contribution < -0.4 is 0 Å². The predicted octanol–water partition coefficient (Wildman–Crippen LogP) is 5.42. The Kier molecular flexibility index (Phi) is 4.70. The van der Waals surface area contributed by atoms with E-state index in [-0.39, 0.29) is 0 Å². The smallest absolute Gasteiger partial charge is 0.181 e. The summed E-state index contributed by atoms with van der Waals surface area (Å²) in [5, 5.41) is 8.47. The lowest BCUT2D eigenvalue weighted by molar-refractivity contribution is 0.331. The van der Waals surface area contributed by atoms with Crippen LogP contribution in [0.15, 0.2) is 71.9 Å². The SMILES string of the molecule is c1cc(-c2ccoc2)c2nc(-c3[nH]nc4ncc(-c5cncc(CN6CCCC6)c5)cc34)[nH]c2c1. The molecule has 8 nitrogen and oxygen atoms in total. The van der Waals surface area contributed by atoms with E-state index in [1.165, 1.54) is 18.4 Å². The van der Waals surface area contributed by atoms with E-state index in [4.69, 9.17) is 9.40 Å². The third-order valence-electron chi connectivity index (χ3n) is 6.72. The number of para-hydroxylation sites is 1. The zero-order valence-corrected chi connectivity index (χ0v) is 19.0. The molecule has 7 rings (SSSR count). The van der Waals surface area contributed by atoms with Crippen molar-refractivity contribution in [3.05, 3.63) is 73.1 Å². The number of H-pyrrole nitrogens is 2. The first-order valence-electron chi connectivity index (χ1n) is 11.8. The lowest BCUT2D eigenvalue weighted by Gasteiger charge is -2.14. The van der Waals surface area contributed by atoms with Crippen LogP contribution in [0.25, 0.3) is 55.8 Å². The van der Waals surface area contributed by atoms with Crippen LogP contribution in [-0.4, -0.2) is 48.1 Å². The lowest BCUT2D eigenvalue weighted by atomic mass is 10.1. The number of aromatic amines is 2. The van der Waals surface area contributed by atoms with Gasteiger partial charge in [0.15, 0.2) is 11.5 Å². The van der Waals surface area contributed by atoms with Crippen LogP contribution in [0.5, 0.6) is 0 Å². The van der Waals surface area contributed by atoms with E-state index in [2.05, 4.69) is 42.2 Å². The van der Waals surface area contributed by atoms with Crippen molar-refractivity contribution in [1.29, 1.82) is 0 Å². The summed E-state index contributed by atoms with van der Waals surface area (Å²) < 4.78 is 5.28. The molecule has 6 heterocycles. The molecule has 1 fully saturated rings. The monoisotopic (exact) mass is 461 g/mol. The average Bonchev–Trinajstić information content (AvgIpc) is 3.70.